The predicted octanol–water partition coefficient (Wildman–Crippen LogP) is 2.08. The van der Waals surface area contributed by atoms with Crippen LogP contribution in [0.5, 0.6) is 0 Å². The molecule has 0 radical (unpaired) electrons. The first-order valence-electron chi connectivity index (χ1n) is 3.27. The summed E-state index contributed by atoms with van der Waals surface area (Å²) >= 11 is 0. The van der Waals surface area contributed by atoms with Crippen LogP contribution in [-0.4, -0.2) is 9.46 Å². The van der Waals surface area contributed by atoms with Crippen LogP contribution in [0.1, 0.15) is 26.2 Å². The van der Waals surface area contributed by atoms with E-state index in [2.05, 4.69) is 6.92 Å². The molecule has 3 atom stereocenters. The second-order valence-electron chi connectivity index (χ2n) is 2.79. The van der Waals surface area contributed by atoms with E-state index in [9.17, 15) is 4.21 Å². The Balaban J connectivity index is 2.39. The van der Waals surface area contributed by atoms with Gasteiger partial charge in [0.1, 0.15) is 10.0 Å². The van der Waals surface area contributed by atoms with Gasteiger partial charge in [0.15, 0.2) is 0 Å². The molecule has 0 aromatic carbocycles. The van der Waals surface area contributed by atoms with E-state index >= 15 is 0 Å². The minimum Gasteiger partial charge on any atom is -0.242 e. The summed E-state index contributed by atoms with van der Waals surface area (Å²) in [7, 11) is 4.33. The molecule has 3 heteroatoms. The van der Waals surface area contributed by atoms with Crippen LogP contribution in [-0.2, 0) is 10.0 Å². The average molecular weight is 167 g/mol. The second kappa shape index (κ2) is 3.02. The lowest BCUT2D eigenvalue weighted by molar-refractivity contribution is 0.611. The second-order valence-corrected chi connectivity index (χ2v) is 4.86. The molecule has 54 valence electrons. The summed E-state index contributed by atoms with van der Waals surface area (Å²) in [6.07, 6.45) is 3.30. The highest BCUT2D eigenvalue weighted by Gasteiger charge is 2.24. The van der Waals surface area contributed by atoms with Crippen molar-refractivity contribution in [2.24, 2.45) is 5.92 Å². The monoisotopic (exact) mass is 166 g/mol. The van der Waals surface area contributed by atoms with E-state index < -0.39 is 10.0 Å². The van der Waals surface area contributed by atoms with Crippen LogP contribution in [0.25, 0.3) is 0 Å². The van der Waals surface area contributed by atoms with E-state index in [0.29, 0.717) is 0 Å². The molecule has 1 saturated carbocycles. The van der Waals surface area contributed by atoms with E-state index in [1.165, 1.54) is 6.42 Å². The lowest BCUT2D eigenvalue weighted by atomic mass is 10.1. The van der Waals surface area contributed by atoms with Crippen LogP contribution in [0.4, 0.5) is 0 Å². The summed E-state index contributed by atoms with van der Waals surface area (Å²) < 4.78 is 10.7. The maximum atomic E-state index is 10.7. The molecule has 0 saturated heterocycles. The summed E-state index contributed by atoms with van der Waals surface area (Å²) in [6.45, 7) is 2.18. The van der Waals surface area contributed by atoms with E-state index in [1.54, 1.807) is 0 Å². The van der Waals surface area contributed by atoms with Crippen molar-refractivity contribution in [3.8, 4) is 0 Å². The lowest BCUT2D eigenvalue weighted by Gasteiger charge is -2.00. The molecule has 1 aliphatic rings. The summed E-state index contributed by atoms with van der Waals surface area (Å²) in [4.78, 5) is 0. The van der Waals surface area contributed by atoms with Crippen molar-refractivity contribution in [2.45, 2.75) is 31.4 Å². The molecule has 1 rings (SSSR count). The normalized spacial score (nSPS) is 38.9. The first-order chi connectivity index (χ1) is 4.20. The quantitative estimate of drug-likeness (QED) is 0.546. The van der Waals surface area contributed by atoms with Gasteiger partial charge in [0.05, 0.1) is 0 Å². The highest BCUT2D eigenvalue weighted by molar-refractivity contribution is 8.08. The maximum absolute atomic E-state index is 10.7. The molecule has 1 fully saturated rings. The minimum atomic E-state index is -1.09. The molecule has 1 nitrogen and oxygen atoms in total. The fraction of sp³-hybridized carbons (Fsp3) is 1.00. The van der Waals surface area contributed by atoms with Crippen molar-refractivity contribution in [1.29, 1.82) is 0 Å². The molecule has 0 heterocycles. The Morgan fingerprint density at radius 2 is 2.22 bits per heavy atom. The molecule has 0 spiro atoms. The third-order valence-corrected chi connectivity index (χ3v) is 3.62. The van der Waals surface area contributed by atoms with Gasteiger partial charge in [0.2, 0.25) is 0 Å². The first kappa shape index (κ1) is 7.55. The average Bonchev–Trinajstić information content (AvgIpc) is 2.14. The third-order valence-electron chi connectivity index (χ3n) is 1.91. The number of rotatable bonds is 1. The molecule has 0 bridgehead atoms. The first-order valence-corrected chi connectivity index (χ1v) is 5.31. The largest absolute Gasteiger partial charge is 0.242 e. The van der Waals surface area contributed by atoms with E-state index in [0.717, 1.165) is 18.8 Å². The van der Waals surface area contributed by atoms with E-state index in [1.807, 2.05) is 0 Å². The van der Waals surface area contributed by atoms with Crippen LogP contribution < -0.4 is 0 Å². The van der Waals surface area contributed by atoms with Crippen molar-refractivity contribution in [2.75, 3.05) is 0 Å². The van der Waals surface area contributed by atoms with Crippen molar-refractivity contribution in [1.82, 2.24) is 0 Å². The SMILES string of the molecule is CC1CCC(S(=O)Cl)C1. The van der Waals surface area contributed by atoms with E-state index in [4.69, 9.17) is 10.7 Å². The number of hydrogen-bond donors (Lipinski definition) is 0. The van der Waals surface area contributed by atoms with Crippen LogP contribution in [0.3, 0.4) is 0 Å². The fourth-order valence-electron chi connectivity index (χ4n) is 1.32. The Bertz CT molecular complexity index is 126. The van der Waals surface area contributed by atoms with Gasteiger partial charge in [-0.1, -0.05) is 6.92 Å². The molecule has 0 aliphatic heterocycles. The van der Waals surface area contributed by atoms with Gasteiger partial charge in [-0.2, -0.15) is 0 Å². The van der Waals surface area contributed by atoms with Gasteiger partial charge in [0.25, 0.3) is 0 Å². The van der Waals surface area contributed by atoms with Gasteiger partial charge in [-0.3, -0.25) is 0 Å². The smallest absolute Gasteiger partial charge is 0.118 e. The topological polar surface area (TPSA) is 17.1 Å². The Morgan fingerprint density at radius 1 is 1.56 bits per heavy atom. The highest BCUT2D eigenvalue weighted by Crippen LogP contribution is 2.29. The number of hydrogen-bond acceptors (Lipinski definition) is 1. The van der Waals surface area contributed by atoms with Gasteiger partial charge in [-0.25, -0.2) is 4.21 Å². The van der Waals surface area contributed by atoms with E-state index in [-0.39, 0.29) is 5.25 Å². The maximum Gasteiger partial charge on any atom is 0.118 e. The van der Waals surface area contributed by atoms with Crippen molar-refractivity contribution < 1.29 is 4.21 Å². The third kappa shape index (κ3) is 1.94. The Kier molecular flexibility index (Phi) is 2.53. The van der Waals surface area contributed by atoms with Crippen LogP contribution in [0, 0.1) is 5.92 Å². The highest BCUT2D eigenvalue weighted by atomic mass is 35.7. The van der Waals surface area contributed by atoms with Gasteiger partial charge in [-0.05, 0) is 35.9 Å². The Labute approximate surface area is 62.7 Å². The van der Waals surface area contributed by atoms with Gasteiger partial charge < -0.3 is 0 Å². The predicted molar refractivity (Wildman–Crippen MR) is 40.8 cm³/mol. The Morgan fingerprint density at radius 3 is 2.44 bits per heavy atom. The minimum absolute atomic E-state index is 0.279. The van der Waals surface area contributed by atoms with Gasteiger partial charge in [0, 0.05) is 5.25 Å². The van der Waals surface area contributed by atoms with Crippen LogP contribution in [0.15, 0.2) is 0 Å². The zero-order chi connectivity index (χ0) is 6.85. The van der Waals surface area contributed by atoms with Crippen molar-refractivity contribution >= 4 is 20.7 Å². The molecule has 0 aromatic rings. The number of halogens is 1. The van der Waals surface area contributed by atoms with Gasteiger partial charge in [-0.15, -0.1) is 0 Å². The molecule has 1 aliphatic carbocycles. The van der Waals surface area contributed by atoms with Crippen LogP contribution >= 0.6 is 10.7 Å². The zero-order valence-corrected chi connectivity index (χ0v) is 7.04. The van der Waals surface area contributed by atoms with Crippen molar-refractivity contribution in [3.63, 3.8) is 0 Å². The standard InChI is InChI=1S/C6H11ClOS/c1-5-2-3-6(4-5)9(7)8/h5-6H,2-4H2,1H3. The molecule has 3 unspecified atom stereocenters. The van der Waals surface area contributed by atoms with Crippen molar-refractivity contribution in [3.05, 3.63) is 0 Å². The lowest BCUT2D eigenvalue weighted by Crippen LogP contribution is -2.04. The Hall–Kier alpha value is 0.440. The van der Waals surface area contributed by atoms with Crippen LogP contribution in [0.2, 0.25) is 0 Å². The fourth-order valence-corrected chi connectivity index (χ4v) is 2.61. The summed E-state index contributed by atoms with van der Waals surface area (Å²) in [5.41, 5.74) is 0. The molecular formula is C6H11ClOS. The molecule has 0 amide bonds. The zero-order valence-electron chi connectivity index (χ0n) is 5.47. The molecule has 0 aromatic heterocycles. The van der Waals surface area contributed by atoms with Gasteiger partial charge >= 0.3 is 0 Å². The summed E-state index contributed by atoms with van der Waals surface area (Å²) in [5.74, 6) is 0.734. The molecular weight excluding hydrogens is 156 g/mol. The molecule has 0 N–H and O–H groups in total. The summed E-state index contributed by atoms with van der Waals surface area (Å²) in [5, 5.41) is 0.279. The molecule has 9 heavy (non-hydrogen) atoms. The summed E-state index contributed by atoms with van der Waals surface area (Å²) in [6, 6.07) is 0.